The van der Waals surface area contributed by atoms with Crippen molar-refractivity contribution in [2.45, 2.75) is 37.2 Å². The minimum absolute atomic E-state index is 0.0777. The zero-order valence-electron chi connectivity index (χ0n) is 16.4. The van der Waals surface area contributed by atoms with Crippen LogP contribution >= 0.6 is 0 Å². The van der Waals surface area contributed by atoms with Gasteiger partial charge in [0, 0.05) is 25.1 Å². The maximum Gasteiger partial charge on any atom is 0.248 e. The van der Waals surface area contributed by atoms with Crippen LogP contribution in [0.15, 0.2) is 60.7 Å². The standard InChI is InChI=1S/C24H29NO3/c26-23(18-27-17-22-13-7-16-28-22)25-15-8-14-24(19-25,20-9-3-1-4-10-20)21-11-5-2-6-12-21/h1-6,9-12,22H,7-8,13-19H2/t22-/m1/s1. The first-order valence-electron chi connectivity index (χ1n) is 10.4. The highest BCUT2D eigenvalue weighted by atomic mass is 16.5. The van der Waals surface area contributed by atoms with E-state index in [9.17, 15) is 4.79 Å². The van der Waals surface area contributed by atoms with E-state index in [0.717, 1.165) is 38.8 Å². The van der Waals surface area contributed by atoms with Crippen molar-refractivity contribution >= 4 is 5.91 Å². The van der Waals surface area contributed by atoms with Gasteiger partial charge in [0.05, 0.1) is 12.7 Å². The Bertz CT molecular complexity index is 716. The van der Waals surface area contributed by atoms with Crippen LogP contribution in [0.4, 0.5) is 0 Å². The Hall–Kier alpha value is -2.17. The van der Waals surface area contributed by atoms with E-state index in [1.807, 2.05) is 17.0 Å². The molecule has 2 aliphatic rings. The summed E-state index contributed by atoms with van der Waals surface area (Å²) in [5.74, 6) is 0.0777. The first kappa shape index (κ1) is 19.2. The first-order chi connectivity index (χ1) is 13.8. The molecule has 0 aliphatic carbocycles. The fraction of sp³-hybridized carbons (Fsp3) is 0.458. The van der Waals surface area contributed by atoms with E-state index in [1.54, 1.807) is 0 Å². The lowest BCUT2D eigenvalue weighted by Gasteiger charge is -2.44. The number of hydrogen-bond donors (Lipinski definition) is 0. The van der Waals surface area contributed by atoms with Crippen molar-refractivity contribution < 1.29 is 14.3 Å². The molecule has 2 aromatic rings. The zero-order chi connectivity index (χ0) is 19.2. The van der Waals surface area contributed by atoms with Gasteiger partial charge in [-0.15, -0.1) is 0 Å². The molecule has 28 heavy (non-hydrogen) atoms. The van der Waals surface area contributed by atoms with E-state index in [0.29, 0.717) is 13.2 Å². The molecule has 1 amide bonds. The van der Waals surface area contributed by atoms with Crippen LogP contribution in [0.3, 0.4) is 0 Å². The minimum Gasteiger partial charge on any atom is -0.376 e. The molecule has 2 fully saturated rings. The molecule has 0 saturated carbocycles. The van der Waals surface area contributed by atoms with Crippen LogP contribution in [0.1, 0.15) is 36.8 Å². The summed E-state index contributed by atoms with van der Waals surface area (Å²) in [6, 6.07) is 21.2. The number of hydrogen-bond acceptors (Lipinski definition) is 3. The molecule has 0 bridgehead atoms. The monoisotopic (exact) mass is 379 g/mol. The van der Waals surface area contributed by atoms with Crippen LogP contribution < -0.4 is 0 Å². The second-order valence-corrected chi connectivity index (χ2v) is 7.88. The van der Waals surface area contributed by atoms with Gasteiger partial charge in [0.2, 0.25) is 5.91 Å². The smallest absolute Gasteiger partial charge is 0.248 e. The number of amides is 1. The summed E-state index contributed by atoms with van der Waals surface area (Å²) in [5, 5.41) is 0. The van der Waals surface area contributed by atoms with Crippen molar-refractivity contribution in [3.05, 3.63) is 71.8 Å². The summed E-state index contributed by atoms with van der Waals surface area (Å²) in [7, 11) is 0. The summed E-state index contributed by atoms with van der Waals surface area (Å²) < 4.78 is 11.3. The van der Waals surface area contributed by atoms with Crippen molar-refractivity contribution in [2.75, 3.05) is 32.9 Å². The molecule has 4 rings (SSSR count). The van der Waals surface area contributed by atoms with E-state index >= 15 is 0 Å². The second kappa shape index (κ2) is 8.89. The van der Waals surface area contributed by atoms with Gasteiger partial charge in [-0.2, -0.15) is 0 Å². The number of carbonyl (C=O) groups excluding carboxylic acids is 1. The predicted octanol–water partition coefficient (Wildman–Crippen LogP) is 3.79. The van der Waals surface area contributed by atoms with E-state index < -0.39 is 0 Å². The number of likely N-dealkylation sites (tertiary alicyclic amines) is 1. The molecule has 2 saturated heterocycles. The largest absolute Gasteiger partial charge is 0.376 e. The normalized spacial score (nSPS) is 21.6. The Morgan fingerprint density at radius 3 is 2.32 bits per heavy atom. The average Bonchev–Trinajstić information content (AvgIpc) is 3.28. The Balaban J connectivity index is 1.49. The molecule has 1 atom stereocenters. The SMILES string of the molecule is O=C(COC[C@H]1CCCO1)N1CCCC(c2ccccc2)(c2ccccc2)C1. The number of piperidine rings is 1. The van der Waals surface area contributed by atoms with Gasteiger partial charge in [-0.05, 0) is 36.8 Å². The lowest BCUT2D eigenvalue weighted by atomic mass is 9.69. The highest BCUT2D eigenvalue weighted by Crippen LogP contribution is 2.40. The molecule has 0 spiro atoms. The van der Waals surface area contributed by atoms with Crippen molar-refractivity contribution in [1.82, 2.24) is 4.90 Å². The lowest BCUT2D eigenvalue weighted by Crippen LogP contribution is -2.50. The van der Waals surface area contributed by atoms with Crippen LogP contribution in [0.25, 0.3) is 0 Å². The fourth-order valence-corrected chi connectivity index (χ4v) is 4.57. The van der Waals surface area contributed by atoms with Crippen LogP contribution in [0.2, 0.25) is 0 Å². The lowest BCUT2D eigenvalue weighted by molar-refractivity contribution is -0.139. The molecule has 0 aromatic heterocycles. The van der Waals surface area contributed by atoms with Gasteiger partial charge in [-0.3, -0.25) is 4.79 Å². The topological polar surface area (TPSA) is 38.8 Å². The van der Waals surface area contributed by atoms with Gasteiger partial charge in [-0.1, -0.05) is 60.7 Å². The molecule has 2 aromatic carbocycles. The number of rotatable bonds is 6. The number of nitrogens with zero attached hydrogens (tertiary/aromatic N) is 1. The first-order valence-corrected chi connectivity index (χ1v) is 10.4. The Kier molecular flexibility index (Phi) is 6.08. The Labute approximate surface area is 167 Å². The van der Waals surface area contributed by atoms with Gasteiger partial charge in [0.1, 0.15) is 6.61 Å². The van der Waals surface area contributed by atoms with E-state index in [4.69, 9.17) is 9.47 Å². The average molecular weight is 380 g/mol. The third-order valence-corrected chi connectivity index (χ3v) is 6.05. The van der Waals surface area contributed by atoms with Crippen molar-refractivity contribution in [1.29, 1.82) is 0 Å². The summed E-state index contributed by atoms with van der Waals surface area (Å²) in [6.07, 6.45) is 4.30. The Morgan fingerprint density at radius 1 is 1.04 bits per heavy atom. The number of carbonyl (C=O) groups is 1. The molecule has 2 heterocycles. The molecular formula is C24H29NO3. The number of benzene rings is 2. The molecule has 0 unspecified atom stereocenters. The van der Waals surface area contributed by atoms with Crippen molar-refractivity contribution in [2.24, 2.45) is 0 Å². The molecular weight excluding hydrogens is 350 g/mol. The van der Waals surface area contributed by atoms with Gasteiger partial charge in [0.25, 0.3) is 0 Å². The molecule has 0 N–H and O–H groups in total. The van der Waals surface area contributed by atoms with Gasteiger partial charge < -0.3 is 14.4 Å². The summed E-state index contributed by atoms with van der Waals surface area (Å²) in [6.45, 7) is 2.96. The number of ether oxygens (including phenoxy) is 2. The van der Waals surface area contributed by atoms with E-state index in [-0.39, 0.29) is 24.0 Å². The maximum absolute atomic E-state index is 12.9. The molecule has 0 radical (unpaired) electrons. The summed E-state index contributed by atoms with van der Waals surface area (Å²) >= 11 is 0. The maximum atomic E-state index is 12.9. The van der Waals surface area contributed by atoms with Crippen LogP contribution in [0.5, 0.6) is 0 Å². The van der Waals surface area contributed by atoms with Gasteiger partial charge in [0.15, 0.2) is 0 Å². The van der Waals surface area contributed by atoms with Gasteiger partial charge in [-0.25, -0.2) is 0 Å². The van der Waals surface area contributed by atoms with E-state index in [1.165, 1.54) is 11.1 Å². The fourth-order valence-electron chi connectivity index (χ4n) is 4.57. The Morgan fingerprint density at radius 2 is 1.71 bits per heavy atom. The second-order valence-electron chi connectivity index (χ2n) is 7.88. The summed E-state index contributed by atoms with van der Waals surface area (Å²) in [4.78, 5) is 14.9. The van der Waals surface area contributed by atoms with Crippen LogP contribution in [-0.2, 0) is 19.7 Å². The predicted molar refractivity (Wildman–Crippen MR) is 109 cm³/mol. The van der Waals surface area contributed by atoms with Gasteiger partial charge >= 0.3 is 0 Å². The van der Waals surface area contributed by atoms with E-state index in [2.05, 4.69) is 48.5 Å². The van der Waals surface area contributed by atoms with Crippen molar-refractivity contribution in [3.63, 3.8) is 0 Å². The van der Waals surface area contributed by atoms with Crippen LogP contribution in [-0.4, -0.2) is 49.8 Å². The quantitative estimate of drug-likeness (QED) is 0.766. The third-order valence-electron chi connectivity index (χ3n) is 6.05. The molecule has 148 valence electrons. The summed E-state index contributed by atoms with van der Waals surface area (Å²) in [5.41, 5.74) is 2.39. The zero-order valence-corrected chi connectivity index (χ0v) is 16.4. The molecule has 2 aliphatic heterocycles. The highest BCUT2D eigenvalue weighted by Gasteiger charge is 2.40. The minimum atomic E-state index is -0.162. The van der Waals surface area contributed by atoms with Crippen LogP contribution in [0, 0.1) is 0 Å². The molecule has 4 heteroatoms. The highest BCUT2D eigenvalue weighted by molar-refractivity contribution is 5.78. The van der Waals surface area contributed by atoms with Crippen molar-refractivity contribution in [3.8, 4) is 0 Å². The molecule has 4 nitrogen and oxygen atoms in total. The third kappa shape index (κ3) is 4.13.